The third kappa shape index (κ3) is 2.58. The predicted octanol–water partition coefficient (Wildman–Crippen LogP) is 4.37. The fraction of sp³-hybridized carbons (Fsp3) is 0.125. The number of hydrogen-bond acceptors (Lipinski definition) is 3. The first-order valence-corrected chi connectivity index (χ1v) is 6.77. The summed E-state index contributed by atoms with van der Waals surface area (Å²) < 4.78 is 5.67. The number of alkyl halides is 1. The Hall–Kier alpha value is -2.13. The average molecular weight is 285 g/mol. The van der Waals surface area contributed by atoms with Crippen LogP contribution >= 0.6 is 11.6 Å². The van der Waals surface area contributed by atoms with E-state index in [-0.39, 0.29) is 0 Å². The molecule has 0 aliphatic heterocycles. The summed E-state index contributed by atoms with van der Waals surface area (Å²) in [6.07, 6.45) is 0. The molecule has 20 heavy (non-hydrogen) atoms. The molecule has 0 saturated carbocycles. The van der Waals surface area contributed by atoms with Crippen LogP contribution in [0.4, 0.5) is 0 Å². The van der Waals surface area contributed by atoms with Crippen LogP contribution in [0.25, 0.3) is 11.5 Å². The summed E-state index contributed by atoms with van der Waals surface area (Å²) in [5.74, 6) is 0.898. The highest BCUT2D eigenvalue weighted by atomic mass is 35.5. The molecule has 1 unspecified atom stereocenters. The van der Waals surface area contributed by atoms with Crippen LogP contribution in [0, 0.1) is 6.92 Å². The highest BCUT2D eigenvalue weighted by Crippen LogP contribution is 2.29. The van der Waals surface area contributed by atoms with Crippen LogP contribution in [0.1, 0.15) is 22.4 Å². The van der Waals surface area contributed by atoms with E-state index >= 15 is 0 Å². The molecular formula is C16H13ClN2O. The quantitative estimate of drug-likeness (QED) is 0.670. The van der Waals surface area contributed by atoms with Crippen molar-refractivity contribution in [2.24, 2.45) is 0 Å². The second-order valence-electron chi connectivity index (χ2n) is 4.58. The molecule has 0 radical (unpaired) electrons. The minimum absolute atomic E-state index is 0.411. The molecule has 3 rings (SSSR count). The van der Waals surface area contributed by atoms with Crippen LogP contribution in [0.2, 0.25) is 0 Å². The molecule has 4 heteroatoms. The van der Waals surface area contributed by atoms with Crippen LogP contribution in [-0.4, -0.2) is 10.2 Å². The summed E-state index contributed by atoms with van der Waals surface area (Å²) in [5.41, 5.74) is 3.02. The lowest BCUT2D eigenvalue weighted by atomic mass is 10.1. The van der Waals surface area contributed by atoms with Crippen molar-refractivity contribution in [3.05, 3.63) is 71.6 Å². The Morgan fingerprint density at radius 3 is 2.35 bits per heavy atom. The lowest BCUT2D eigenvalue weighted by Crippen LogP contribution is -1.92. The largest absolute Gasteiger partial charge is 0.419 e. The fourth-order valence-corrected chi connectivity index (χ4v) is 2.15. The van der Waals surface area contributed by atoms with E-state index < -0.39 is 5.38 Å². The number of benzene rings is 2. The van der Waals surface area contributed by atoms with Crippen molar-refractivity contribution >= 4 is 11.6 Å². The minimum Gasteiger partial charge on any atom is -0.419 e. The van der Waals surface area contributed by atoms with Crippen molar-refractivity contribution in [1.29, 1.82) is 0 Å². The first kappa shape index (κ1) is 12.9. The van der Waals surface area contributed by atoms with E-state index in [2.05, 4.69) is 10.2 Å². The zero-order chi connectivity index (χ0) is 13.9. The van der Waals surface area contributed by atoms with E-state index in [1.54, 1.807) is 0 Å². The van der Waals surface area contributed by atoms with Crippen LogP contribution in [0.15, 0.2) is 59.0 Å². The molecule has 0 fully saturated rings. The molecule has 100 valence electrons. The fourth-order valence-electron chi connectivity index (χ4n) is 1.91. The molecule has 1 atom stereocenters. The Kier molecular flexibility index (Phi) is 3.52. The number of rotatable bonds is 3. The van der Waals surface area contributed by atoms with Gasteiger partial charge >= 0.3 is 0 Å². The Bertz CT molecular complexity index is 692. The third-order valence-electron chi connectivity index (χ3n) is 3.05. The van der Waals surface area contributed by atoms with Crippen molar-refractivity contribution in [3.63, 3.8) is 0 Å². The van der Waals surface area contributed by atoms with E-state index in [1.165, 1.54) is 5.56 Å². The molecule has 0 spiro atoms. The highest BCUT2D eigenvalue weighted by Gasteiger charge is 2.18. The van der Waals surface area contributed by atoms with Crippen molar-refractivity contribution < 1.29 is 4.42 Å². The zero-order valence-corrected chi connectivity index (χ0v) is 11.7. The molecule has 2 aromatic carbocycles. The van der Waals surface area contributed by atoms with E-state index in [0.29, 0.717) is 11.8 Å². The summed E-state index contributed by atoms with van der Waals surface area (Å²) in [4.78, 5) is 0. The van der Waals surface area contributed by atoms with Crippen molar-refractivity contribution in [1.82, 2.24) is 10.2 Å². The van der Waals surface area contributed by atoms with Crippen LogP contribution < -0.4 is 0 Å². The Balaban J connectivity index is 1.89. The van der Waals surface area contributed by atoms with Gasteiger partial charge in [-0.3, -0.25) is 0 Å². The standard InChI is InChI=1S/C16H13ClN2O/c1-11-7-9-13(10-8-11)15-18-19-16(20-15)14(17)12-5-3-2-4-6-12/h2-10,14H,1H3. The molecule has 1 heterocycles. The van der Waals surface area contributed by atoms with Gasteiger partial charge in [0.25, 0.3) is 0 Å². The van der Waals surface area contributed by atoms with Gasteiger partial charge in [-0.2, -0.15) is 0 Å². The summed E-state index contributed by atoms with van der Waals surface area (Å²) in [7, 11) is 0. The summed E-state index contributed by atoms with van der Waals surface area (Å²) >= 11 is 6.36. The molecule has 0 aliphatic rings. The van der Waals surface area contributed by atoms with Gasteiger partial charge in [0.2, 0.25) is 11.8 Å². The second kappa shape index (κ2) is 5.47. The topological polar surface area (TPSA) is 38.9 Å². The molecular weight excluding hydrogens is 272 g/mol. The van der Waals surface area contributed by atoms with Crippen molar-refractivity contribution in [2.75, 3.05) is 0 Å². The van der Waals surface area contributed by atoms with Crippen molar-refractivity contribution in [2.45, 2.75) is 12.3 Å². The maximum absolute atomic E-state index is 6.36. The smallest absolute Gasteiger partial charge is 0.247 e. The average Bonchev–Trinajstić information content (AvgIpc) is 2.98. The highest BCUT2D eigenvalue weighted by molar-refractivity contribution is 6.22. The number of hydrogen-bond donors (Lipinski definition) is 0. The molecule has 0 saturated heterocycles. The van der Waals surface area contributed by atoms with Crippen LogP contribution in [0.5, 0.6) is 0 Å². The van der Waals surface area contributed by atoms with Gasteiger partial charge in [0, 0.05) is 5.56 Å². The van der Waals surface area contributed by atoms with Gasteiger partial charge in [-0.25, -0.2) is 0 Å². The monoisotopic (exact) mass is 284 g/mol. The van der Waals surface area contributed by atoms with Gasteiger partial charge in [-0.1, -0.05) is 48.0 Å². The van der Waals surface area contributed by atoms with Gasteiger partial charge in [-0.15, -0.1) is 21.8 Å². The molecule has 3 aromatic rings. The second-order valence-corrected chi connectivity index (χ2v) is 5.02. The minimum atomic E-state index is -0.428. The molecule has 0 N–H and O–H groups in total. The number of aromatic nitrogens is 2. The van der Waals surface area contributed by atoms with Gasteiger partial charge < -0.3 is 4.42 Å². The summed E-state index contributed by atoms with van der Waals surface area (Å²) in [6.45, 7) is 2.03. The number of nitrogens with zero attached hydrogens (tertiary/aromatic N) is 2. The lowest BCUT2D eigenvalue weighted by molar-refractivity contribution is 0.513. The number of aryl methyl sites for hydroxylation is 1. The lowest BCUT2D eigenvalue weighted by Gasteiger charge is -2.03. The Labute approximate surface area is 122 Å². The Morgan fingerprint density at radius 1 is 0.950 bits per heavy atom. The molecule has 0 bridgehead atoms. The third-order valence-corrected chi connectivity index (χ3v) is 3.49. The van der Waals surface area contributed by atoms with E-state index in [9.17, 15) is 0 Å². The SMILES string of the molecule is Cc1ccc(-c2nnc(C(Cl)c3ccccc3)o2)cc1. The van der Waals surface area contributed by atoms with Gasteiger partial charge in [-0.05, 0) is 24.6 Å². The first-order chi connectivity index (χ1) is 9.74. The molecule has 0 amide bonds. The molecule has 0 aliphatic carbocycles. The van der Waals surface area contributed by atoms with Crippen molar-refractivity contribution in [3.8, 4) is 11.5 Å². The normalized spacial score (nSPS) is 12.3. The zero-order valence-electron chi connectivity index (χ0n) is 11.0. The van der Waals surface area contributed by atoms with Crippen LogP contribution in [-0.2, 0) is 0 Å². The van der Waals surface area contributed by atoms with E-state index in [0.717, 1.165) is 11.1 Å². The molecule has 3 nitrogen and oxygen atoms in total. The maximum atomic E-state index is 6.36. The van der Waals surface area contributed by atoms with Crippen LogP contribution in [0.3, 0.4) is 0 Å². The van der Waals surface area contributed by atoms with E-state index in [4.69, 9.17) is 16.0 Å². The maximum Gasteiger partial charge on any atom is 0.247 e. The summed E-state index contributed by atoms with van der Waals surface area (Å²) in [6, 6.07) is 17.6. The first-order valence-electron chi connectivity index (χ1n) is 6.33. The van der Waals surface area contributed by atoms with E-state index in [1.807, 2.05) is 61.5 Å². The van der Waals surface area contributed by atoms with Gasteiger partial charge in [0.05, 0.1) is 0 Å². The molecule has 1 aromatic heterocycles. The van der Waals surface area contributed by atoms with Gasteiger partial charge in [0.1, 0.15) is 5.38 Å². The number of halogens is 1. The Morgan fingerprint density at radius 2 is 1.65 bits per heavy atom. The summed E-state index contributed by atoms with van der Waals surface area (Å²) in [5, 5.41) is 7.68. The van der Waals surface area contributed by atoms with Gasteiger partial charge in [0.15, 0.2) is 0 Å². The predicted molar refractivity (Wildman–Crippen MR) is 78.6 cm³/mol.